The van der Waals surface area contributed by atoms with Crippen molar-refractivity contribution in [3.63, 3.8) is 0 Å². The summed E-state index contributed by atoms with van der Waals surface area (Å²) in [4.78, 5) is 42.3. The Labute approximate surface area is 144 Å². The van der Waals surface area contributed by atoms with Crippen LogP contribution in [0.4, 0.5) is 10.8 Å². The second-order valence-corrected chi connectivity index (χ2v) is 6.73. The molecule has 0 fully saturated rings. The fraction of sp³-hybridized carbons (Fsp3) is 0.200. The molecule has 0 bridgehead atoms. The molecule has 1 aromatic heterocycles. The van der Waals surface area contributed by atoms with Crippen LogP contribution in [0.5, 0.6) is 0 Å². The minimum atomic E-state index is -0.766. The number of ketones is 1. The highest BCUT2D eigenvalue weighted by molar-refractivity contribution is 9.10. The maximum absolute atomic E-state index is 12.5. The van der Waals surface area contributed by atoms with E-state index in [4.69, 9.17) is 0 Å². The zero-order valence-corrected chi connectivity index (χ0v) is 14.5. The van der Waals surface area contributed by atoms with Crippen molar-refractivity contribution in [1.82, 2.24) is 4.98 Å². The van der Waals surface area contributed by atoms with E-state index >= 15 is 0 Å². The fourth-order valence-corrected chi connectivity index (χ4v) is 3.40. The van der Waals surface area contributed by atoms with E-state index in [0.717, 1.165) is 0 Å². The van der Waals surface area contributed by atoms with Crippen molar-refractivity contribution in [2.24, 2.45) is 0 Å². The van der Waals surface area contributed by atoms with Gasteiger partial charge in [-0.2, -0.15) is 0 Å². The van der Waals surface area contributed by atoms with Crippen LogP contribution >= 0.6 is 27.3 Å². The van der Waals surface area contributed by atoms with Gasteiger partial charge in [-0.3, -0.25) is 19.3 Å². The number of thiazole rings is 1. The lowest BCUT2D eigenvalue weighted by atomic mass is 10.1. The van der Waals surface area contributed by atoms with Gasteiger partial charge in [0.2, 0.25) is 5.91 Å². The lowest BCUT2D eigenvalue weighted by molar-refractivity contribution is -0.121. The highest BCUT2D eigenvalue weighted by Crippen LogP contribution is 2.33. The Balaban J connectivity index is 1.94. The topological polar surface area (TPSA) is 79.4 Å². The molecule has 2 heterocycles. The largest absolute Gasteiger partial charge is 0.300 e. The standard InChI is InChI=1S/C15H12BrN3O3S/c1-2-10(13(21)18-15-17-5-6-23-15)19-11-4-3-8(16)7-9(11)12(20)14(19)22/h3-7,10H,2H2,1H3,(H,17,18,21). The van der Waals surface area contributed by atoms with E-state index in [9.17, 15) is 14.4 Å². The van der Waals surface area contributed by atoms with E-state index < -0.39 is 17.7 Å². The molecule has 1 aliphatic heterocycles. The van der Waals surface area contributed by atoms with E-state index in [0.29, 0.717) is 27.3 Å². The highest BCUT2D eigenvalue weighted by Gasteiger charge is 2.41. The third-order valence-corrected chi connectivity index (χ3v) is 4.72. The number of halogens is 1. The van der Waals surface area contributed by atoms with Crippen molar-refractivity contribution in [3.8, 4) is 0 Å². The van der Waals surface area contributed by atoms with Crippen LogP contribution in [0.1, 0.15) is 23.7 Å². The summed E-state index contributed by atoms with van der Waals surface area (Å²) in [7, 11) is 0. The number of Topliss-reactive ketones (excluding diaryl/α,β-unsaturated/α-hetero) is 1. The molecule has 1 aliphatic rings. The number of carbonyl (C=O) groups excluding carboxylic acids is 3. The molecule has 8 heteroatoms. The summed E-state index contributed by atoms with van der Waals surface area (Å²) in [5, 5.41) is 4.89. The number of rotatable bonds is 4. The van der Waals surface area contributed by atoms with Crippen molar-refractivity contribution in [2.45, 2.75) is 19.4 Å². The van der Waals surface area contributed by atoms with Crippen LogP contribution in [0.15, 0.2) is 34.2 Å². The van der Waals surface area contributed by atoms with Gasteiger partial charge >= 0.3 is 0 Å². The molecule has 1 N–H and O–H groups in total. The number of carbonyl (C=O) groups is 3. The Morgan fingerprint density at radius 1 is 1.43 bits per heavy atom. The van der Waals surface area contributed by atoms with Gasteiger partial charge in [0.05, 0.1) is 11.3 Å². The summed E-state index contributed by atoms with van der Waals surface area (Å²) < 4.78 is 0.708. The summed E-state index contributed by atoms with van der Waals surface area (Å²) in [5.74, 6) is -1.64. The normalized spacial score (nSPS) is 14.8. The molecule has 0 aliphatic carbocycles. The van der Waals surface area contributed by atoms with E-state index in [-0.39, 0.29) is 5.91 Å². The maximum Gasteiger partial charge on any atom is 0.300 e. The number of anilines is 2. The zero-order valence-electron chi connectivity index (χ0n) is 12.1. The van der Waals surface area contributed by atoms with Gasteiger partial charge in [0.1, 0.15) is 6.04 Å². The molecule has 23 heavy (non-hydrogen) atoms. The van der Waals surface area contributed by atoms with Crippen LogP contribution in [-0.4, -0.2) is 28.6 Å². The van der Waals surface area contributed by atoms with Crippen LogP contribution in [0.3, 0.4) is 0 Å². The minimum absolute atomic E-state index is 0.310. The first-order valence-electron chi connectivity index (χ1n) is 6.90. The van der Waals surface area contributed by atoms with Crippen LogP contribution in [-0.2, 0) is 9.59 Å². The number of nitrogens with one attached hydrogen (secondary N) is 1. The SMILES string of the molecule is CCC(C(=O)Nc1nccs1)N1C(=O)C(=O)c2cc(Br)ccc21. The molecular formula is C15H12BrN3O3S. The van der Waals surface area contributed by atoms with Crippen LogP contribution in [0.25, 0.3) is 0 Å². The van der Waals surface area contributed by atoms with Gasteiger partial charge in [0.15, 0.2) is 5.13 Å². The maximum atomic E-state index is 12.5. The van der Waals surface area contributed by atoms with Gasteiger partial charge in [-0.15, -0.1) is 11.3 Å². The van der Waals surface area contributed by atoms with Crippen molar-refractivity contribution in [1.29, 1.82) is 0 Å². The summed E-state index contributed by atoms with van der Waals surface area (Å²) >= 11 is 4.58. The van der Waals surface area contributed by atoms with Crippen molar-refractivity contribution in [3.05, 3.63) is 39.8 Å². The minimum Gasteiger partial charge on any atom is -0.300 e. The number of aromatic nitrogens is 1. The number of nitrogens with zero attached hydrogens (tertiary/aromatic N) is 2. The zero-order chi connectivity index (χ0) is 16.6. The van der Waals surface area contributed by atoms with Crippen LogP contribution < -0.4 is 10.2 Å². The van der Waals surface area contributed by atoms with Gasteiger partial charge in [0.25, 0.3) is 11.7 Å². The Morgan fingerprint density at radius 2 is 2.22 bits per heavy atom. The van der Waals surface area contributed by atoms with E-state index in [2.05, 4.69) is 26.2 Å². The number of benzene rings is 1. The molecule has 0 spiro atoms. The van der Waals surface area contributed by atoms with Gasteiger partial charge in [-0.25, -0.2) is 4.98 Å². The molecule has 1 unspecified atom stereocenters. The van der Waals surface area contributed by atoms with Gasteiger partial charge in [0, 0.05) is 16.0 Å². The molecule has 0 radical (unpaired) electrons. The van der Waals surface area contributed by atoms with Crippen molar-refractivity contribution >= 4 is 55.7 Å². The number of fused-ring (bicyclic) bond motifs is 1. The smallest absolute Gasteiger partial charge is 0.300 e. The first kappa shape index (κ1) is 15.8. The van der Waals surface area contributed by atoms with Crippen LogP contribution in [0, 0.1) is 0 Å². The molecule has 3 rings (SSSR count). The Bertz CT molecular complexity index is 791. The van der Waals surface area contributed by atoms with Gasteiger partial charge < -0.3 is 5.32 Å². The monoisotopic (exact) mass is 393 g/mol. The Morgan fingerprint density at radius 3 is 2.87 bits per heavy atom. The van der Waals surface area contributed by atoms with E-state index in [1.54, 1.807) is 36.7 Å². The molecule has 2 amide bonds. The number of amides is 2. The summed E-state index contributed by atoms with van der Waals surface area (Å²) in [5.41, 5.74) is 0.772. The number of hydrogen-bond donors (Lipinski definition) is 1. The fourth-order valence-electron chi connectivity index (χ4n) is 2.50. The Hall–Kier alpha value is -2.06. The van der Waals surface area contributed by atoms with Gasteiger partial charge in [-0.1, -0.05) is 22.9 Å². The summed E-state index contributed by atoms with van der Waals surface area (Å²) in [6, 6.07) is 4.24. The van der Waals surface area contributed by atoms with Gasteiger partial charge in [-0.05, 0) is 24.6 Å². The summed E-state index contributed by atoms with van der Waals surface area (Å²) in [6.45, 7) is 1.79. The van der Waals surface area contributed by atoms with Crippen molar-refractivity contribution in [2.75, 3.05) is 10.2 Å². The lowest BCUT2D eigenvalue weighted by Gasteiger charge is -2.25. The van der Waals surface area contributed by atoms with E-state index in [1.807, 2.05) is 0 Å². The Kier molecular flexibility index (Phi) is 4.27. The molecule has 0 saturated carbocycles. The molecule has 0 saturated heterocycles. The third-order valence-electron chi connectivity index (χ3n) is 3.54. The molecule has 118 valence electrons. The molecule has 2 aromatic rings. The summed E-state index contributed by atoms with van der Waals surface area (Å²) in [6.07, 6.45) is 1.96. The third kappa shape index (κ3) is 2.79. The first-order valence-corrected chi connectivity index (χ1v) is 8.58. The molecule has 1 atom stereocenters. The predicted molar refractivity (Wildman–Crippen MR) is 90.8 cm³/mol. The quantitative estimate of drug-likeness (QED) is 0.809. The van der Waals surface area contributed by atoms with Crippen molar-refractivity contribution < 1.29 is 14.4 Å². The molecular weight excluding hydrogens is 382 g/mol. The molecule has 1 aromatic carbocycles. The van der Waals surface area contributed by atoms with Crippen LogP contribution in [0.2, 0.25) is 0 Å². The highest BCUT2D eigenvalue weighted by atomic mass is 79.9. The van der Waals surface area contributed by atoms with E-state index in [1.165, 1.54) is 16.2 Å². The average molecular weight is 394 g/mol. The second-order valence-electron chi connectivity index (χ2n) is 4.92. The number of hydrogen-bond acceptors (Lipinski definition) is 5. The average Bonchev–Trinajstić information content (AvgIpc) is 3.11. The lowest BCUT2D eigenvalue weighted by Crippen LogP contribution is -2.46. The predicted octanol–water partition coefficient (Wildman–Crippen LogP) is 2.85. The molecule has 6 nitrogen and oxygen atoms in total. The second kappa shape index (κ2) is 6.21. The first-order chi connectivity index (χ1) is 11.0.